The van der Waals surface area contributed by atoms with Crippen LogP contribution in [-0.4, -0.2) is 31.6 Å². The highest BCUT2D eigenvalue weighted by Gasteiger charge is 2.33. The smallest absolute Gasteiger partial charge is 0.212 e. The number of hydrogen-bond donors (Lipinski definition) is 0. The molecule has 12 heavy (non-hydrogen) atoms. The van der Waals surface area contributed by atoms with Crippen molar-refractivity contribution in [2.45, 2.75) is 38.6 Å². The molecule has 0 aromatic carbocycles. The van der Waals surface area contributed by atoms with Gasteiger partial charge >= 0.3 is 0 Å². The molecule has 0 amide bonds. The topological polar surface area (TPSA) is 37.4 Å². The van der Waals surface area contributed by atoms with E-state index in [0.29, 0.717) is 11.8 Å². The summed E-state index contributed by atoms with van der Waals surface area (Å²) in [5, 5.41) is 0. The van der Waals surface area contributed by atoms with E-state index in [0.717, 1.165) is 25.7 Å². The van der Waals surface area contributed by atoms with Gasteiger partial charge in [-0.15, -0.1) is 0 Å². The predicted octanol–water partition coefficient (Wildman–Crippen LogP) is 1.21. The average Bonchev–Trinajstić information content (AvgIpc) is 2.82. The van der Waals surface area contributed by atoms with Crippen molar-refractivity contribution in [3.63, 3.8) is 0 Å². The maximum absolute atomic E-state index is 11.5. The van der Waals surface area contributed by atoms with Gasteiger partial charge in [-0.25, -0.2) is 12.7 Å². The minimum atomic E-state index is -2.93. The molecule has 1 saturated carbocycles. The van der Waals surface area contributed by atoms with Crippen molar-refractivity contribution in [2.24, 2.45) is 0 Å². The van der Waals surface area contributed by atoms with E-state index >= 15 is 0 Å². The summed E-state index contributed by atoms with van der Waals surface area (Å²) in [5.74, 6) is 0.316. The van der Waals surface area contributed by atoms with Crippen LogP contribution in [0.1, 0.15) is 32.6 Å². The molecule has 0 unspecified atom stereocenters. The third-order valence-electron chi connectivity index (χ3n) is 2.26. The molecule has 3 nitrogen and oxygen atoms in total. The van der Waals surface area contributed by atoms with Crippen LogP contribution in [0.5, 0.6) is 0 Å². The van der Waals surface area contributed by atoms with Crippen molar-refractivity contribution in [1.82, 2.24) is 4.31 Å². The molecular formula is C8H17NO2S. The molecule has 1 fully saturated rings. The highest BCUT2D eigenvalue weighted by atomic mass is 32.2. The van der Waals surface area contributed by atoms with Crippen LogP contribution in [0.25, 0.3) is 0 Å². The summed E-state index contributed by atoms with van der Waals surface area (Å²) in [7, 11) is -1.23. The van der Waals surface area contributed by atoms with Gasteiger partial charge in [-0.05, 0) is 19.3 Å². The minimum absolute atomic E-state index is 0.312. The Balaban J connectivity index is 2.45. The van der Waals surface area contributed by atoms with E-state index in [2.05, 4.69) is 0 Å². The Labute approximate surface area is 74.8 Å². The first-order chi connectivity index (χ1) is 5.58. The molecule has 0 aromatic heterocycles. The van der Waals surface area contributed by atoms with Gasteiger partial charge in [0.1, 0.15) is 0 Å². The molecule has 72 valence electrons. The normalized spacial score (nSPS) is 18.6. The molecule has 0 spiro atoms. The maximum Gasteiger partial charge on any atom is 0.214 e. The van der Waals surface area contributed by atoms with Gasteiger partial charge in [0, 0.05) is 13.1 Å². The van der Waals surface area contributed by atoms with Crippen LogP contribution in [0.4, 0.5) is 0 Å². The Morgan fingerprint density at radius 3 is 2.42 bits per heavy atom. The van der Waals surface area contributed by atoms with Crippen molar-refractivity contribution in [3.8, 4) is 0 Å². The quantitative estimate of drug-likeness (QED) is 0.655. The fourth-order valence-electron chi connectivity index (χ4n) is 1.14. The number of rotatable bonds is 5. The summed E-state index contributed by atoms with van der Waals surface area (Å²) in [4.78, 5) is 0. The van der Waals surface area contributed by atoms with Gasteiger partial charge in [0.15, 0.2) is 0 Å². The van der Waals surface area contributed by atoms with Gasteiger partial charge in [0.05, 0.1) is 5.75 Å². The van der Waals surface area contributed by atoms with E-state index in [1.165, 1.54) is 0 Å². The second-order valence-electron chi connectivity index (χ2n) is 3.42. The second-order valence-corrected chi connectivity index (χ2v) is 5.56. The lowest BCUT2D eigenvalue weighted by Gasteiger charge is -2.15. The summed E-state index contributed by atoms with van der Waals surface area (Å²) in [6.07, 6.45) is 3.81. The number of nitrogens with zero attached hydrogens (tertiary/aromatic N) is 1. The zero-order valence-corrected chi connectivity index (χ0v) is 8.60. The fraction of sp³-hybridized carbons (Fsp3) is 1.00. The van der Waals surface area contributed by atoms with Gasteiger partial charge < -0.3 is 0 Å². The first-order valence-electron chi connectivity index (χ1n) is 4.53. The molecule has 0 bridgehead atoms. The molecule has 1 aliphatic rings. The molecule has 0 aliphatic heterocycles. The van der Waals surface area contributed by atoms with Crippen molar-refractivity contribution in [3.05, 3.63) is 0 Å². The molecule has 0 radical (unpaired) electrons. The van der Waals surface area contributed by atoms with Gasteiger partial charge in [-0.1, -0.05) is 13.3 Å². The predicted molar refractivity (Wildman–Crippen MR) is 49.5 cm³/mol. The highest BCUT2D eigenvalue weighted by molar-refractivity contribution is 7.89. The summed E-state index contributed by atoms with van der Waals surface area (Å²) >= 11 is 0. The Hall–Kier alpha value is -0.0900. The van der Waals surface area contributed by atoms with E-state index in [1.54, 1.807) is 11.4 Å². The Morgan fingerprint density at radius 2 is 2.00 bits per heavy atom. The molecule has 0 aromatic rings. The van der Waals surface area contributed by atoms with E-state index in [4.69, 9.17) is 0 Å². The standard InChI is InChI=1S/C8H17NO2S/c1-3-4-7-12(10,11)9(2)8-5-6-8/h8H,3-7H2,1-2H3. The summed E-state index contributed by atoms with van der Waals surface area (Å²) in [5.41, 5.74) is 0. The first kappa shape index (κ1) is 9.99. The minimum Gasteiger partial charge on any atom is -0.212 e. The number of unbranched alkanes of at least 4 members (excludes halogenated alkanes) is 1. The lowest BCUT2D eigenvalue weighted by molar-refractivity contribution is 0.462. The third kappa shape index (κ3) is 2.45. The Bertz CT molecular complexity index is 231. The Morgan fingerprint density at radius 1 is 1.42 bits per heavy atom. The largest absolute Gasteiger partial charge is 0.214 e. The molecule has 1 rings (SSSR count). The molecular weight excluding hydrogens is 174 g/mol. The first-order valence-corrected chi connectivity index (χ1v) is 6.14. The van der Waals surface area contributed by atoms with Gasteiger partial charge in [0.25, 0.3) is 0 Å². The van der Waals surface area contributed by atoms with E-state index < -0.39 is 10.0 Å². The summed E-state index contributed by atoms with van der Waals surface area (Å²) in [6, 6.07) is 0.312. The van der Waals surface area contributed by atoms with Crippen LogP contribution in [0.3, 0.4) is 0 Å². The van der Waals surface area contributed by atoms with Crippen LogP contribution in [0.15, 0.2) is 0 Å². The van der Waals surface area contributed by atoms with Crippen molar-refractivity contribution in [1.29, 1.82) is 0 Å². The van der Waals surface area contributed by atoms with Crippen LogP contribution < -0.4 is 0 Å². The molecule has 0 atom stereocenters. The lowest BCUT2D eigenvalue weighted by atomic mass is 10.4. The van der Waals surface area contributed by atoms with Crippen LogP contribution in [-0.2, 0) is 10.0 Å². The SMILES string of the molecule is CCCCS(=O)(=O)N(C)C1CC1. The van der Waals surface area contributed by atoms with Gasteiger partial charge in [0.2, 0.25) is 10.0 Å². The van der Waals surface area contributed by atoms with Crippen LogP contribution in [0, 0.1) is 0 Å². The second kappa shape index (κ2) is 3.75. The summed E-state index contributed by atoms with van der Waals surface area (Å²) in [6.45, 7) is 2.01. The van der Waals surface area contributed by atoms with Gasteiger partial charge in [-0.2, -0.15) is 0 Å². The average molecular weight is 191 g/mol. The monoisotopic (exact) mass is 191 g/mol. The lowest BCUT2D eigenvalue weighted by Crippen LogP contribution is -2.31. The fourth-order valence-corrected chi connectivity index (χ4v) is 2.74. The van der Waals surface area contributed by atoms with Crippen molar-refractivity contribution < 1.29 is 8.42 Å². The zero-order valence-electron chi connectivity index (χ0n) is 7.78. The maximum atomic E-state index is 11.5. The molecule has 0 saturated heterocycles. The Kier molecular flexibility index (Phi) is 3.12. The number of sulfonamides is 1. The van der Waals surface area contributed by atoms with Crippen molar-refractivity contribution >= 4 is 10.0 Å². The van der Waals surface area contributed by atoms with Crippen LogP contribution in [0.2, 0.25) is 0 Å². The highest BCUT2D eigenvalue weighted by Crippen LogP contribution is 2.27. The molecule has 0 heterocycles. The third-order valence-corrected chi connectivity index (χ3v) is 4.24. The van der Waals surface area contributed by atoms with E-state index in [-0.39, 0.29) is 0 Å². The van der Waals surface area contributed by atoms with Crippen molar-refractivity contribution in [2.75, 3.05) is 12.8 Å². The summed E-state index contributed by atoms with van der Waals surface area (Å²) < 4.78 is 24.5. The van der Waals surface area contributed by atoms with Gasteiger partial charge in [-0.3, -0.25) is 0 Å². The molecule has 0 N–H and O–H groups in total. The van der Waals surface area contributed by atoms with Crippen LogP contribution >= 0.6 is 0 Å². The van der Waals surface area contributed by atoms with E-state index in [9.17, 15) is 8.42 Å². The zero-order chi connectivity index (χ0) is 9.19. The molecule has 1 aliphatic carbocycles. The molecule has 4 heteroatoms. The number of hydrogen-bond acceptors (Lipinski definition) is 2. The van der Waals surface area contributed by atoms with E-state index in [1.807, 2.05) is 6.92 Å².